The molecule has 0 amide bonds. The summed E-state index contributed by atoms with van der Waals surface area (Å²) in [5.74, 6) is 4.02. The first-order valence-electron chi connectivity index (χ1n) is 12.1. The lowest BCUT2D eigenvalue weighted by atomic mass is 9.96. The van der Waals surface area contributed by atoms with E-state index >= 15 is 0 Å². The molecule has 4 nitrogen and oxygen atoms in total. The fourth-order valence-corrected chi connectivity index (χ4v) is 6.51. The largest absolute Gasteiger partial charge is 0.355 e. The van der Waals surface area contributed by atoms with Crippen LogP contribution in [0.15, 0.2) is 90.3 Å². The Kier molecular flexibility index (Phi) is 7.27. The van der Waals surface area contributed by atoms with E-state index in [4.69, 9.17) is 0 Å². The standard InChI is InChI=1S/C29H29F2N4PS/c1-5-34-11-6-7-26(34)18(2)27(19(3)33-29-32-10-14-37-29)35-17-25-23(20(35)4)15-22(16-24(25)28(30)31)21-8-12-36-13-9-21/h5,8-10,12-16,27-28H,1,3-4,6-7,11,17H2,2H3,(H,32,33)/b26-18+. The van der Waals surface area contributed by atoms with Crippen LogP contribution in [0.1, 0.15) is 42.9 Å². The van der Waals surface area contributed by atoms with Crippen LogP contribution in [0.4, 0.5) is 13.9 Å². The van der Waals surface area contributed by atoms with E-state index < -0.39 is 6.43 Å². The van der Waals surface area contributed by atoms with Gasteiger partial charge in [0.15, 0.2) is 5.13 Å². The van der Waals surface area contributed by atoms with Gasteiger partial charge in [0.2, 0.25) is 0 Å². The van der Waals surface area contributed by atoms with Gasteiger partial charge in [0.05, 0.1) is 6.04 Å². The van der Waals surface area contributed by atoms with E-state index in [2.05, 4.69) is 46.8 Å². The fourth-order valence-electron chi connectivity index (χ4n) is 5.35. The number of hydrogen-bond acceptors (Lipinski definition) is 5. The number of nitrogens with one attached hydrogen (secondary N) is 1. The van der Waals surface area contributed by atoms with Gasteiger partial charge in [-0.3, -0.25) is 0 Å². The molecule has 8 heteroatoms. The first kappa shape index (κ1) is 25.4. The third-order valence-electron chi connectivity index (χ3n) is 7.11. The number of aromatic nitrogens is 1. The van der Waals surface area contributed by atoms with Crippen molar-refractivity contribution in [3.8, 4) is 11.1 Å². The van der Waals surface area contributed by atoms with Crippen molar-refractivity contribution in [2.75, 3.05) is 11.9 Å². The molecule has 5 rings (SSSR count). The maximum atomic E-state index is 14.4. The van der Waals surface area contributed by atoms with Crippen LogP contribution < -0.4 is 5.32 Å². The third kappa shape index (κ3) is 4.86. The minimum Gasteiger partial charge on any atom is -0.355 e. The molecule has 1 fully saturated rings. The number of benzene rings is 1. The Morgan fingerprint density at radius 2 is 2.03 bits per heavy atom. The third-order valence-corrected chi connectivity index (χ3v) is 8.44. The predicted octanol–water partition coefficient (Wildman–Crippen LogP) is 8.62. The Morgan fingerprint density at radius 1 is 1.24 bits per heavy atom. The molecule has 0 aliphatic carbocycles. The van der Waals surface area contributed by atoms with E-state index in [9.17, 15) is 8.78 Å². The highest BCUT2D eigenvalue weighted by Crippen LogP contribution is 2.44. The lowest BCUT2D eigenvalue weighted by molar-refractivity contribution is 0.149. The Morgan fingerprint density at radius 3 is 2.70 bits per heavy atom. The van der Waals surface area contributed by atoms with E-state index in [1.54, 1.807) is 12.3 Å². The Labute approximate surface area is 222 Å². The summed E-state index contributed by atoms with van der Waals surface area (Å²) in [7, 11) is 1.09. The van der Waals surface area contributed by atoms with E-state index in [0.29, 0.717) is 12.1 Å². The summed E-state index contributed by atoms with van der Waals surface area (Å²) in [4.78, 5) is 8.63. The van der Waals surface area contributed by atoms with E-state index in [1.807, 2.05) is 41.4 Å². The molecule has 2 aliphatic rings. The minimum atomic E-state index is -2.59. The molecule has 0 bridgehead atoms. The number of allylic oxidation sites excluding steroid dienone is 1. The number of fused-ring (bicyclic) bond motifs is 1. The molecule has 0 saturated carbocycles. The molecule has 1 N–H and O–H groups in total. The van der Waals surface area contributed by atoms with Crippen LogP contribution in [0.5, 0.6) is 0 Å². The summed E-state index contributed by atoms with van der Waals surface area (Å²) in [5, 5.41) is 6.01. The fraction of sp³-hybridized carbons (Fsp3) is 0.241. The van der Waals surface area contributed by atoms with Crippen LogP contribution in [-0.2, 0) is 6.54 Å². The molecule has 0 spiro atoms. The molecule has 4 heterocycles. The number of alkyl halides is 2. The molecule has 1 saturated heterocycles. The predicted molar refractivity (Wildman–Crippen MR) is 151 cm³/mol. The van der Waals surface area contributed by atoms with Crippen LogP contribution in [0, 0.1) is 0 Å². The second kappa shape index (κ2) is 10.6. The number of likely N-dealkylation sites (tertiary alicyclic amines) is 1. The first-order valence-corrected chi connectivity index (χ1v) is 14.1. The van der Waals surface area contributed by atoms with Crippen molar-refractivity contribution < 1.29 is 8.78 Å². The average molecular weight is 535 g/mol. The van der Waals surface area contributed by atoms with E-state index in [1.165, 1.54) is 17.0 Å². The number of hydrogen-bond donors (Lipinski definition) is 1. The van der Waals surface area contributed by atoms with Crippen LogP contribution in [-0.4, -0.2) is 27.4 Å². The Hall–Kier alpha value is -3.28. The zero-order valence-corrected chi connectivity index (χ0v) is 22.5. The molecule has 0 radical (unpaired) electrons. The van der Waals surface area contributed by atoms with Gasteiger partial charge in [0.25, 0.3) is 6.43 Å². The van der Waals surface area contributed by atoms with E-state index in [0.717, 1.165) is 66.4 Å². The van der Waals surface area contributed by atoms with E-state index in [-0.39, 0.29) is 11.6 Å². The molecule has 3 aromatic rings. The zero-order chi connectivity index (χ0) is 26.1. The molecule has 1 aromatic carbocycles. The van der Waals surface area contributed by atoms with Gasteiger partial charge in [-0.15, -0.1) is 11.3 Å². The number of thiazole rings is 1. The number of halogens is 2. The van der Waals surface area contributed by atoms with Crippen LogP contribution in [0.25, 0.3) is 16.8 Å². The van der Waals surface area contributed by atoms with Crippen LogP contribution in [0.2, 0.25) is 0 Å². The number of rotatable bonds is 8. The number of nitrogens with zero attached hydrogens (tertiary/aromatic N) is 3. The normalized spacial score (nSPS) is 17.2. The lowest BCUT2D eigenvalue weighted by Crippen LogP contribution is -2.36. The van der Waals surface area contributed by atoms with Crippen LogP contribution >= 0.6 is 19.5 Å². The monoisotopic (exact) mass is 534 g/mol. The topological polar surface area (TPSA) is 31.4 Å². The van der Waals surface area contributed by atoms with Gasteiger partial charge in [0.1, 0.15) is 0 Å². The molecular formula is C29H29F2N4PS. The van der Waals surface area contributed by atoms with Gasteiger partial charge in [-0.2, -0.15) is 0 Å². The summed E-state index contributed by atoms with van der Waals surface area (Å²) >= 11 is 1.49. The molecule has 2 aromatic heterocycles. The van der Waals surface area contributed by atoms with Crippen molar-refractivity contribution in [3.05, 3.63) is 107 Å². The van der Waals surface area contributed by atoms with Crippen molar-refractivity contribution in [2.24, 2.45) is 0 Å². The van der Waals surface area contributed by atoms with Crippen molar-refractivity contribution >= 4 is 30.4 Å². The van der Waals surface area contributed by atoms with Gasteiger partial charge < -0.3 is 15.1 Å². The van der Waals surface area contributed by atoms with Crippen molar-refractivity contribution in [1.29, 1.82) is 0 Å². The Bertz CT molecular complexity index is 1370. The summed E-state index contributed by atoms with van der Waals surface area (Å²) in [6.45, 7) is 16.1. The Balaban J connectivity index is 1.59. The van der Waals surface area contributed by atoms with Crippen molar-refractivity contribution in [1.82, 2.24) is 14.8 Å². The van der Waals surface area contributed by atoms with Crippen LogP contribution in [0.3, 0.4) is 0 Å². The molecular weight excluding hydrogens is 505 g/mol. The summed E-state index contributed by atoms with van der Waals surface area (Å²) in [5.41, 5.74) is 6.89. The zero-order valence-electron chi connectivity index (χ0n) is 20.8. The highest BCUT2D eigenvalue weighted by molar-refractivity contribution is 7.28. The lowest BCUT2D eigenvalue weighted by Gasteiger charge is -2.35. The molecule has 1 atom stereocenters. The first-order chi connectivity index (χ1) is 17.9. The second-order valence-corrected chi connectivity index (χ2v) is 11.0. The molecule has 37 heavy (non-hydrogen) atoms. The molecule has 190 valence electrons. The quantitative estimate of drug-likeness (QED) is 0.314. The van der Waals surface area contributed by atoms with Crippen molar-refractivity contribution in [2.45, 2.75) is 38.8 Å². The molecule has 2 aliphatic heterocycles. The maximum Gasteiger partial charge on any atom is 0.264 e. The minimum absolute atomic E-state index is 0.0599. The second-order valence-electron chi connectivity index (χ2n) is 9.20. The molecule has 1 unspecified atom stereocenters. The van der Waals surface area contributed by atoms with Crippen molar-refractivity contribution in [3.63, 3.8) is 0 Å². The summed E-state index contributed by atoms with van der Waals surface area (Å²) in [6.07, 6.45) is 2.98. The van der Waals surface area contributed by atoms with Gasteiger partial charge in [-0.1, -0.05) is 27.9 Å². The average Bonchev–Trinajstić information content (AvgIpc) is 3.65. The highest BCUT2D eigenvalue weighted by atomic mass is 32.1. The van der Waals surface area contributed by atoms with Gasteiger partial charge >= 0.3 is 0 Å². The maximum absolute atomic E-state index is 14.4. The summed E-state index contributed by atoms with van der Waals surface area (Å²) < 4.78 is 28.8. The highest BCUT2D eigenvalue weighted by Gasteiger charge is 2.36. The van der Waals surface area contributed by atoms with Gasteiger partial charge in [0, 0.05) is 52.9 Å². The number of anilines is 1. The van der Waals surface area contributed by atoms with Gasteiger partial charge in [-0.25, -0.2) is 13.8 Å². The smallest absolute Gasteiger partial charge is 0.264 e. The SMILES string of the molecule is C=CN1CCC/C1=C(/C)C(C(=C)Nc1nccs1)N1Cc2c(cc(-c3ccpcc3)cc2C(F)F)C1=C. The summed E-state index contributed by atoms with van der Waals surface area (Å²) in [6, 6.07) is 7.29. The van der Waals surface area contributed by atoms with Gasteiger partial charge in [-0.05, 0) is 84.1 Å².